The summed E-state index contributed by atoms with van der Waals surface area (Å²) in [5.74, 6) is -0.362. The van der Waals surface area contributed by atoms with E-state index in [2.05, 4.69) is 26.1 Å². The van der Waals surface area contributed by atoms with Gasteiger partial charge >= 0.3 is 0 Å². The summed E-state index contributed by atoms with van der Waals surface area (Å²) in [6.45, 7) is 0. The first-order chi connectivity index (χ1) is 13.1. The summed E-state index contributed by atoms with van der Waals surface area (Å²) >= 11 is 1.14. The second-order valence-corrected chi connectivity index (χ2v) is 6.05. The number of nitrogens with one attached hydrogen (secondary N) is 1. The van der Waals surface area contributed by atoms with Crippen LogP contribution in [-0.2, 0) is 4.79 Å². The highest BCUT2D eigenvalue weighted by Crippen LogP contribution is 2.17. The quantitative estimate of drug-likeness (QED) is 0.285. The molecule has 10 nitrogen and oxygen atoms in total. The summed E-state index contributed by atoms with van der Waals surface area (Å²) < 4.78 is 1.52. The average molecular weight is 383 g/mol. The molecule has 0 bridgehead atoms. The first-order valence-corrected chi connectivity index (χ1v) is 8.65. The number of nitrogens with zero attached hydrogens (tertiary/aromatic N) is 6. The van der Waals surface area contributed by atoms with Crippen LogP contribution in [0.4, 0.5) is 5.69 Å². The van der Waals surface area contributed by atoms with E-state index >= 15 is 0 Å². The van der Waals surface area contributed by atoms with Gasteiger partial charge in [0, 0.05) is 6.07 Å². The summed E-state index contributed by atoms with van der Waals surface area (Å²) in [6, 6.07) is 15.4. The standard InChI is InChI=1S/C16H13N7O3S/c24-15(18-17-10-12-6-4-5-9-14(12)23(25)26)11-27-16-19-20-21-22(16)13-7-2-1-3-8-13/h1-10H,11H2,(H,18,24)/b17-10+. The molecule has 0 fully saturated rings. The molecule has 0 aliphatic rings. The molecule has 0 unspecified atom stereocenters. The van der Waals surface area contributed by atoms with E-state index in [0.29, 0.717) is 10.7 Å². The van der Waals surface area contributed by atoms with Crippen LogP contribution in [0.5, 0.6) is 0 Å². The number of hydrogen-bond acceptors (Lipinski definition) is 8. The third-order valence-corrected chi connectivity index (χ3v) is 4.22. The van der Waals surface area contributed by atoms with Crippen molar-refractivity contribution >= 4 is 29.6 Å². The van der Waals surface area contributed by atoms with Crippen molar-refractivity contribution in [2.24, 2.45) is 5.10 Å². The van der Waals surface area contributed by atoms with E-state index in [1.54, 1.807) is 12.1 Å². The molecule has 11 heteroatoms. The summed E-state index contributed by atoms with van der Waals surface area (Å²) in [5.41, 5.74) is 3.31. The Bertz CT molecular complexity index is 975. The van der Waals surface area contributed by atoms with Crippen molar-refractivity contribution in [3.63, 3.8) is 0 Å². The van der Waals surface area contributed by atoms with Crippen molar-refractivity contribution in [2.45, 2.75) is 5.16 Å². The number of para-hydroxylation sites is 2. The summed E-state index contributed by atoms with van der Waals surface area (Å²) in [7, 11) is 0. The maximum atomic E-state index is 11.9. The minimum atomic E-state index is -0.511. The Balaban J connectivity index is 1.57. The molecule has 27 heavy (non-hydrogen) atoms. The van der Waals surface area contributed by atoms with Crippen molar-refractivity contribution in [3.05, 3.63) is 70.3 Å². The molecule has 0 aliphatic carbocycles. The van der Waals surface area contributed by atoms with E-state index in [1.807, 2.05) is 30.3 Å². The molecule has 0 saturated carbocycles. The molecule has 2 aromatic carbocycles. The molecular formula is C16H13N7O3S. The first kappa shape index (κ1) is 18.2. The molecule has 1 heterocycles. The Hall–Kier alpha value is -3.60. The fourth-order valence-corrected chi connectivity index (χ4v) is 2.78. The second kappa shape index (κ2) is 8.67. The lowest BCUT2D eigenvalue weighted by Gasteiger charge is -2.03. The van der Waals surface area contributed by atoms with Crippen LogP contribution in [0.2, 0.25) is 0 Å². The zero-order chi connectivity index (χ0) is 19.1. The molecule has 1 amide bonds. The SMILES string of the molecule is O=C(CSc1nnnn1-c1ccccc1)N/N=C/c1ccccc1[N+](=O)[O-]. The van der Waals surface area contributed by atoms with Gasteiger partial charge in [0.25, 0.3) is 11.6 Å². The Morgan fingerprint density at radius 3 is 2.74 bits per heavy atom. The van der Waals surface area contributed by atoms with Crippen molar-refractivity contribution in [1.82, 2.24) is 25.6 Å². The van der Waals surface area contributed by atoms with Crippen molar-refractivity contribution in [3.8, 4) is 5.69 Å². The van der Waals surface area contributed by atoms with Gasteiger partial charge in [-0.15, -0.1) is 5.10 Å². The average Bonchev–Trinajstić information content (AvgIpc) is 3.16. The zero-order valence-electron chi connectivity index (χ0n) is 13.8. The first-order valence-electron chi connectivity index (χ1n) is 7.67. The largest absolute Gasteiger partial charge is 0.278 e. The maximum Gasteiger partial charge on any atom is 0.278 e. The van der Waals surface area contributed by atoms with E-state index in [0.717, 1.165) is 17.4 Å². The van der Waals surface area contributed by atoms with E-state index in [4.69, 9.17) is 0 Å². The van der Waals surface area contributed by atoms with Gasteiger partial charge in [0.05, 0.1) is 28.1 Å². The second-order valence-electron chi connectivity index (χ2n) is 5.11. The number of benzene rings is 2. The molecule has 0 radical (unpaired) electrons. The van der Waals surface area contributed by atoms with Crippen LogP contribution in [0, 0.1) is 10.1 Å². The number of hydrogen-bond donors (Lipinski definition) is 1. The van der Waals surface area contributed by atoms with Gasteiger partial charge in [-0.05, 0) is 28.6 Å². The number of carbonyl (C=O) groups excluding carboxylic acids is 1. The van der Waals surface area contributed by atoms with Crippen LogP contribution in [0.1, 0.15) is 5.56 Å². The fraction of sp³-hybridized carbons (Fsp3) is 0.0625. The van der Waals surface area contributed by atoms with Crippen LogP contribution in [0.15, 0.2) is 64.9 Å². The van der Waals surface area contributed by atoms with Gasteiger partial charge in [-0.25, -0.2) is 5.43 Å². The minimum absolute atomic E-state index is 0.0292. The Labute approximate surface area is 157 Å². The van der Waals surface area contributed by atoms with Gasteiger partial charge in [0.1, 0.15) is 0 Å². The number of thioether (sulfide) groups is 1. The van der Waals surface area contributed by atoms with Crippen molar-refractivity contribution in [2.75, 3.05) is 5.75 Å². The summed E-state index contributed by atoms with van der Waals surface area (Å²) in [5, 5.41) is 26.6. The smallest absolute Gasteiger partial charge is 0.272 e. The van der Waals surface area contributed by atoms with E-state index < -0.39 is 10.8 Å². The van der Waals surface area contributed by atoms with Crippen molar-refractivity contribution < 1.29 is 9.72 Å². The molecule has 0 atom stereocenters. The predicted molar refractivity (Wildman–Crippen MR) is 98.7 cm³/mol. The summed E-state index contributed by atoms with van der Waals surface area (Å²) in [6.07, 6.45) is 1.23. The third kappa shape index (κ3) is 4.73. The number of nitro benzene ring substituents is 1. The number of carbonyl (C=O) groups is 1. The van der Waals surface area contributed by atoms with Crippen LogP contribution in [0.25, 0.3) is 5.69 Å². The van der Waals surface area contributed by atoms with Crippen LogP contribution >= 0.6 is 11.8 Å². The maximum absolute atomic E-state index is 11.9. The lowest BCUT2D eigenvalue weighted by molar-refractivity contribution is -0.385. The van der Waals surface area contributed by atoms with Gasteiger partial charge in [-0.3, -0.25) is 14.9 Å². The number of amides is 1. The molecule has 0 spiro atoms. The number of rotatable bonds is 7. The predicted octanol–water partition coefficient (Wildman–Crippen LogP) is 1.81. The molecule has 0 aliphatic heterocycles. The van der Waals surface area contributed by atoms with Gasteiger partial charge in [0.2, 0.25) is 5.16 Å². The lowest BCUT2D eigenvalue weighted by atomic mass is 10.2. The molecule has 1 N–H and O–H groups in total. The van der Waals surface area contributed by atoms with Gasteiger partial charge in [-0.1, -0.05) is 42.1 Å². The van der Waals surface area contributed by atoms with Crippen LogP contribution in [0.3, 0.4) is 0 Å². The van der Waals surface area contributed by atoms with Crippen molar-refractivity contribution in [1.29, 1.82) is 0 Å². The highest BCUT2D eigenvalue weighted by Gasteiger charge is 2.12. The minimum Gasteiger partial charge on any atom is -0.272 e. The van der Waals surface area contributed by atoms with Gasteiger partial charge < -0.3 is 0 Å². The topological polar surface area (TPSA) is 128 Å². The molecule has 3 rings (SSSR count). The number of aromatic nitrogens is 4. The fourth-order valence-electron chi connectivity index (χ4n) is 2.10. The number of tetrazole rings is 1. The Kier molecular flexibility index (Phi) is 5.84. The highest BCUT2D eigenvalue weighted by molar-refractivity contribution is 7.99. The Morgan fingerprint density at radius 1 is 1.22 bits per heavy atom. The molecule has 136 valence electrons. The van der Waals surface area contributed by atoms with E-state index in [1.165, 1.54) is 23.0 Å². The number of nitro groups is 1. The highest BCUT2D eigenvalue weighted by atomic mass is 32.2. The monoisotopic (exact) mass is 383 g/mol. The van der Waals surface area contributed by atoms with E-state index in [-0.39, 0.29) is 11.4 Å². The molecular weight excluding hydrogens is 370 g/mol. The Morgan fingerprint density at radius 2 is 1.96 bits per heavy atom. The van der Waals surface area contributed by atoms with Gasteiger partial charge in [0.15, 0.2) is 0 Å². The summed E-state index contributed by atoms with van der Waals surface area (Å²) in [4.78, 5) is 22.4. The van der Waals surface area contributed by atoms with Crippen LogP contribution < -0.4 is 5.43 Å². The van der Waals surface area contributed by atoms with Crippen LogP contribution in [-0.4, -0.2) is 43.0 Å². The lowest BCUT2D eigenvalue weighted by Crippen LogP contribution is -2.20. The third-order valence-electron chi connectivity index (χ3n) is 3.30. The zero-order valence-corrected chi connectivity index (χ0v) is 14.6. The normalized spacial score (nSPS) is 10.8. The van der Waals surface area contributed by atoms with E-state index in [9.17, 15) is 14.9 Å². The number of hydrazone groups is 1. The molecule has 1 aromatic heterocycles. The molecule has 3 aromatic rings. The molecule has 0 saturated heterocycles. The van der Waals surface area contributed by atoms with Gasteiger partial charge in [-0.2, -0.15) is 9.78 Å².